The Morgan fingerprint density at radius 1 is 1.58 bits per heavy atom. The van der Waals surface area contributed by atoms with Gasteiger partial charge in [-0.25, -0.2) is 0 Å². The van der Waals surface area contributed by atoms with Gasteiger partial charge in [0.15, 0.2) is 0 Å². The summed E-state index contributed by atoms with van der Waals surface area (Å²) < 4.78 is 5.50. The zero-order valence-corrected chi connectivity index (χ0v) is 9.12. The predicted octanol–water partition coefficient (Wildman–Crippen LogP) is 2.72. The molecule has 12 heavy (non-hydrogen) atoms. The van der Waals surface area contributed by atoms with Gasteiger partial charge in [0.2, 0.25) is 0 Å². The maximum Gasteiger partial charge on any atom is 0.0908 e. The van der Waals surface area contributed by atoms with Crippen LogP contribution < -0.4 is 5.32 Å². The molecule has 1 aliphatic heterocycles. The van der Waals surface area contributed by atoms with Crippen molar-refractivity contribution in [3.63, 3.8) is 0 Å². The van der Waals surface area contributed by atoms with Gasteiger partial charge in [-0.3, -0.25) is 0 Å². The van der Waals surface area contributed by atoms with Crippen molar-refractivity contribution in [2.24, 2.45) is 0 Å². The molecule has 2 heterocycles. The second-order valence-electron chi connectivity index (χ2n) is 3.06. The highest BCUT2D eigenvalue weighted by Crippen LogP contribution is 2.26. The van der Waals surface area contributed by atoms with Crippen molar-refractivity contribution >= 4 is 27.5 Å². The van der Waals surface area contributed by atoms with Crippen LogP contribution in [0, 0.1) is 0 Å². The Kier molecular flexibility index (Phi) is 2.78. The Morgan fingerprint density at radius 3 is 3.08 bits per heavy atom. The highest BCUT2D eigenvalue weighted by atomic mass is 79.9. The largest absolute Gasteiger partial charge is 0.309 e. The van der Waals surface area contributed by atoms with Gasteiger partial charge < -0.3 is 5.32 Å². The molecule has 0 bridgehead atoms. The third kappa shape index (κ3) is 1.87. The minimum atomic E-state index is 0.501. The molecule has 0 spiro atoms. The predicted molar refractivity (Wildman–Crippen MR) is 54.4 cm³/mol. The first-order valence-corrected chi connectivity index (χ1v) is 5.78. The lowest BCUT2D eigenvalue weighted by Crippen LogP contribution is -2.26. The molecular formula is C8H11BrN2S. The molecule has 0 aliphatic carbocycles. The fraction of sp³-hybridized carbons (Fsp3) is 0.625. The summed E-state index contributed by atoms with van der Waals surface area (Å²) in [6.07, 6.45) is 3.87. The van der Waals surface area contributed by atoms with E-state index in [1.807, 2.05) is 0 Å². The molecule has 0 amide bonds. The lowest BCUT2D eigenvalue weighted by molar-refractivity contribution is 0.407. The number of hydrogen-bond donors (Lipinski definition) is 1. The Labute approximate surface area is 84.7 Å². The first-order chi connectivity index (χ1) is 5.86. The topological polar surface area (TPSA) is 24.9 Å². The summed E-state index contributed by atoms with van der Waals surface area (Å²) in [5.74, 6) is 0. The molecule has 0 saturated carbocycles. The molecule has 0 radical (unpaired) electrons. The van der Waals surface area contributed by atoms with Crippen LogP contribution in [0.4, 0.5) is 0 Å². The van der Waals surface area contributed by atoms with Gasteiger partial charge in [-0.15, -0.1) is 0 Å². The van der Waals surface area contributed by atoms with Crippen LogP contribution in [-0.4, -0.2) is 10.9 Å². The SMILES string of the molecule is Brc1cc(C2CCCCN2)ns1. The van der Waals surface area contributed by atoms with Crippen LogP contribution in [0.2, 0.25) is 0 Å². The highest BCUT2D eigenvalue weighted by Gasteiger charge is 2.16. The van der Waals surface area contributed by atoms with Crippen LogP contribution in [0.25, 0.3) is 0 Å². The van der Waals surface area contributed by atoms with Crippen molar-refractivity contribution in [3.8, 4) is 0 Å². The third-order valence-electron chi connectivity index (χ3n) is 2.17. The molecule has 1 aromatic heterocycles. The van der Waals surface area contributed by atoms with Crippen molar-refractivity contribution in [3.05, 3.63) is 15.5 Å². The van der Waals surface area contributed by atoms with Gasteiger partial charge in [-0.2, -0.15) is 4.37 Å². The Hall–Kier alpha value is 0.0700. The summed E-state index contributed by atoms with van der Waals surface area (Å²) in [7, 11) is 0. The molecule has 1 aromatic rings. The minimum absolute atomic E-state index is 0.501. The smallest absolute Gasteiger partial charge is 0.0908 e. The molecule has 1 unspecified atom stereocenters. The molecule has 1 aliphatic rings. The second-order valence-corrected chi connectivity index (χ2v) is 5.24. The fourth-order valence-electron chi connectivity index (χ4n) is 1.53. The number of piperidine rings is 1. The van der Waals surface area contributed by atoms with Crippen molar-refractivity contribution in [1.82, 2.24) is 9.69 Å². The van der Waals surface area contributed by atoms with Crippen molar-refractivity contribution in [2.45, 2.75) is 25.3 Å². The van der Waals surface area contributed by atoms with Crippen LogP contribution in [0.15, 0.2) is 9.85 Å². The average molecular weight is 247 g/mol. The van der Waals surface area contributed by atoms with E-state index >= 15 is 0 Å². The molecule has 1 N–H and O–H groups in total. The normalized spacial score (nSPS) is 24.2. The molecule has 2 rings (SSSR count). The third-order valence-corrected chi connectivity index (χ3v) is 3.42. The van der Waals surface area contributed by atoms with E-state index in [0.29, 0.717) is 6.04 Å². The van der Waals surface area contributed by atoms with Crippen molar-refractivity contribution in [2.75, 3.05) is 6.54 Å². The van der Waals surface area contributed by atoms with Gasteiger partial charge in [0.05, 0.1) is 15.5 Å². The summed E-state index contributed by atoms with van der Waals surface area (Å²) in [4.78, 5) is 0. The van der Waals surface area contributed by atoms with E-state index in [9.17, 15) is 0 Å². The zero-order chi connectivity index (χ0) is 8.39. The lowest BCUT2D eigenvalue weighted by atomic mass is 10.0. The van der Waals surface area contributed by atoms with Gasteiger partial charge in [0.1, 0.15) is 0 Å². The first kappa shape index (κ1) is 8.66. The summed E-state index contributed by atoms with van der Waals surface area (Å²) in [5.41, 5.74) is 1.20. The van der Waals surface area contributed by atoms with E-state index in [4.69, 9.17) is 0 Å². The lowest BCUT2D eigenvalue weighted by Gasteiger charge is -2.21. The van der Waals surface area contributed by atoms with Crippen LogP contribution in [0.1, 0.15) is 31.0 Å². The number of halogens is 1. The van der Waals surface area contributed by atoms with E-state index < -0.39 is 0 Å². The van der Waals surface area contributed by atoms with E-state index in [1.54, 1.807) is 0 Å². The summed E-state index contributed by atoms with van der Waals surface area (Å²) >= 11 is 4.95. The van der Waals surface area contributed by atoms with Gasteiger partial charge in [-0.05, 0) is 52.9 Å². The molecule has 1 atom stereocenters. The van der Waals surface area contributed by atoms with Crippen molar-refractivity contribution in [1.29, 1.82) is 0 Å². The number of nitrogens with zero attached hydrogens (tertiary/aromatic N) is 1. The maximum absolute atomic E-state index is 4.37. The Bertz CT molecular complexity index is 255. The summed E-state index contributed by atoms with van der Waals surface area (Å²) in [5, 5.41) is 3.47. The monoisotopic (exact) mass is 246 g/mol. The average Bonchev–Trinajstić information content (AvgIpc) is 2.54. The molecule has 66 valence electrons. The molecule has 4 heteroatoms. The summed E-state index contributed by atoms with van der Waals surface area (Å²) in [6, 6.07) is 2.62. The van der Waals surface area contributed by atoms with Gasteiger partial charge >= 0.3 is 0 Å². The first-order valence-electron chi connectivity index (χ1n) is 4.22. The minimum Gasteiger partial charge on any atom is -0.309 e. The van der Waals surface area contributed by atoms with E-state index in [-0.39, 0.29) is 0 Å². The Morgan fingerprint density at radius 2 is 2.50 bits per heavy atom. The molecular weight excluding hydrogens is 236 g/mol. The zero-order valence-electron chi connectivity index (χ0n) is 6.72. The molecule has 1 saturated heterocycles. The quantitative estimate of drug-likeness (QED) is 0.825. The number of aromatic nitrogens is 1. The molecule has 1 fully saturated rings. The number of nitrogens with one attached hydrogen (secondary N) is 1. The molecule has 2 nitrogen and oxygen atoms in total. The van der Waals surface area contributed by atoms with Crippen LogP contribution in [0.3, 0.4) is 0 Å². The maximum atomic E-state index is 4.37. The second kappa shape index (κ2) is 3.85. The fourth-order valence-corrected chi connectivity index (χ4v) is 2.53. The van der Waals surface area contributed by atoms with Crippen LogP contribution in [-0.2, 0) is 0 Å². The van der Waals surface area contributed by atoms with E-state index in [1.165, 1.54) is 36.5 Å². The number of hydrogen-bond acceptors (Lipinski definition) is 3. The number of rotatable bonds is 1. The van der Waals surface area contributed by atoms with E-state index in [2.05, 4.69) is 31.7 Å². The standard InChI is InChI=1S/C8H11BrN2S/c9-8-5-7(11-12-8)6-3-1-2-4-10-6/h5-6,10H,1-4H2. The van der Waals surface area contributed by atoms with Crippen molar-refractivity contribution < 1.29 is 0 Å². The van der Waals surface area contributed by atoms with Gasteiger partial charge in [0, 0.05) is 0 Å². The highest BCUT2D eigenvalue weighted by molar-refractivity contribution is 9.11. The van der Waals surface area contributed by atoms with Gasteiger partial charge in [-0.1, -0.05) is 6.42 Å². The van der Waals surface area contributed by atoms with Crippen LogP contribution in [0.5, 0.6) is 0 Å². The molecule has 0 aromatic carbocycles. The van der Waals surface area contributed by atoms with Gasteiger partial charge in [0.25, 0.3) is 0 Å². The Balaban J connectivity index is 2.08. The van der Waals surface area contributed by atoms with Crippen LogP contribution >= 0.6 is 27.5 Å². The summed E-state index contributed by atoms with van der Waals surface area (Å²) in [6.45, 7) is 1.14. The van der Waals surface area contributed by atoms with E-state index in [0.717, 1.165) is 10.3 Å².